The summed E-state index contributed by atoms with van der Waals surface area (Å²) in [6.45, 7) is 0. The van der Waals surface area contributed by atoms with Gasteiger partial charge in [-0.15, -0.1) is 5.10 Å². The van der Waals surface area contributed by atoms with Crippen LogP contribution < -0.4 is 10.2 Å². The Morgan fingerprint density at radius 1 is 1.27 bits per heavy atom. The lowest BCUT2D eigenvalue weighted by Gasteiger charge is -2.21. The maximum Gasteiger partial charge on any atom is 0.291 e. The highest BCUT2D eigenvalue weighted by molar-refractivity contribution is 6.08. The molecule has 0 radical (unpaired) electrons. The van der Waals surface area contributed by atoms with Gasteiger partial charge in [0.1, 0.15) is 11.9 Å². The molecule has 2 amide bonds. The highest BCUT2D eigenvalue weighted by atomic mass is 16.2. The van der Waals surface area contributed by atoms with Crippen molar-refractivity contribution in [1.29, 1.82) is 0 Å². The monoisotopic (exact) mass is 401 g/mol. The molecule has 0 bridgehead atoms. The first-order valence-electron chi connectivity index (χ1n) is 9.58. The molecule has 1 aliphatic rings. The number of carbonyl (C=O) groups excluding carboxylic acids is 2. The zero-order chi connectivity index (χ0) is 20.7. The average Bonchev–Trinajstić information content (AvgIpc) is 3.38. The fraction of sp³-hybridized carbons (Fsp3) is 0.190. The summed E-state index contributed by atoms with van der Waals surface area (Å²) in [5, 5.41) is 10.6. The van der Waals surface area contributed by atoms with Crippen LogP contribution in [0, 0.1) is 0 Å². The summed E-state index contributed by atoms with van der Waals surface area (Å²) in [7, 11) is 1.69. The quantitative estimate of drug-likeness (QED) is 0.480. The van der Waals surface area contributed by atoms with E-state index in [9.17, 15) is 9.59 Å². The minimum Gasteiger partial charge on any atom is -0.360 e. The van der Waals surface area contributed by atoms with Gasteiger partial charge in [0, 0.05) is 31.5 Å². The fourth-order valence-electron chi connectivity index (χ4n) is 3.81. The lowest BCUT2D eigenvalue weighted by atomic mass is 10.1. The third kappa shape index (κ3) is 3.10. The molecule has 1 aliphatic heterocycles. The van der Waals surface area contributed by atoms with Gasteiger partial charge in [-0.05, 0) is 11.1 Å². The zero-order valence-corrected chi connectivity index (χ0v) is 16.2. The Labute approximate surface area is 171 Å². The van der Waals surface area contributed by atoms with Crippen LogP contribution in [0.25, 0.3) is 10.9 Å². The number of hydrogen-bond acceptors (Lipinski definition) is 5. The number of likely N-dealkylation sites (N-methyl/N-ethyl adjacent to an activating group) is 1. The number of nitrogens with zero attached hydrogens (tertiary/aromatic N) is 4. The average molecular weight is 401 g/mol. The summed E-state index contributed by atoms with van der Waals surface area (Å²) in [4.78, 5) is 38.9. The zero-order valence-electron chi connectivity index (χ0n) is 16.2. The van der Waals surface area contributed by atoms with Crippen molar-refractivity contribution >= 4 is 28.4 Å². The molecular weight excluding hydrogens is 382 g/mol. The van der Waals surface area contributed by atoms with Crippen molar-refractivity contribution in [2.24, 2.45) is 0 Å². The largest absolute Gasteiger partial charge is 0.360 e. The predicted molar refractivity (Wildman–Crippen MR) is 110 cm³/mol. The summed E-state index contributed by atoms with van der Waals surface area (Å²) in [6.07, 6.45) is 6.14. The molecule has 4 heterocycles. The van der Waals surface area contributed by atoms with Crippen LogP contribution in [0.5, 0.6) is 0 Å². The Morgan fingerprint density at radius 3 is 2.93 bits per heavy atom. The van der Waals surface area contributed by atoms with Gasteiger partial charge in [-0.3, -0.25) is 19.7 Å². The molecule has 9 heteroatoms. The third-order valence-electron chi connectivity index (χ3n) is 5.32. The minimum absolute atomic E-state index is 0.0130. The molecule has 0 spiro atoms. The van der Waals surface area contributed by atoms with Crippen LogP contribution in [0.15, 0.2) is 48.9 Å². The van der Waals surface area contributed by atoms with Gasteiger partial charge < -0.3 is 15.2 Å². The van der Waals surface area contributed by atoms with Crippen LogP contribution >= 0.6 is 0 Å². The molecule has 1 atom stereocenters. The number of benzene rings is 1. The number of amides is 2. The van der Waals surface area contributed by atoms with E-state index in [-0.39, 0.29) is 11.7 Å². The number of carbonyl (C=O) groups is 2. The van der Waals surface area contributed by atoms with Gasteiger partial charge in [-0.2, -0.15) is 0 Å². The minimum atomic E-state index is -0.732. The highest BCUT2D eigenvalue weighted by Gasteiger charge is 2.32. The second-order valence-corrected chi connectivity index (χ2v) is 7.29. The molecular formula is C21H19N7O2. The topological polar surface area (TPSA) is 120 Å². The Hall–Kier alpha value is -4.01. The predicted octanol–water partition coefficient (Wildman–Crippen LogP) is 1.59. The van der Waals surface area contributed by atoms with E-state index in [0.29, 0.717) is 24.4 Å². The summed E-state index contributed by atoms with van der Waals surface area (Å²) in [5.74, 6) is -0.109. The maximum atomic E-state index is 13.0. The summed E-state index contributed by atoms with van der Waals surface area (Å²) < 4.78 is 0. The van der Waals surface area contributed by atoms with E-state index in [4.69, 9.17) is 0 Å². The number of aromatic amines is 2. The molecule has 3 aromatic heterocycles. The van der Waals surface area contributed by atoms with Crippen molar-refractivity contribution in [3.63, 3.8) is 0 Å². The number of hydrogen-bond donors (Lipinski definition) is 3. The van der Waals surface area contributed by atoms with Crippen LogP contribution in [0.1, 0.15) is 27.6 Å². The molecule has 0 aliphatic carbocycles. The van der Waals surface area contributed by atoms with Crippen molar-refractivity contribution in [2.45, 2.75) is 18.9 Å². The summed E-state index contributed by atoms with van der Waals surface area (Å²) in [5.41, 5.74) is 3.58. The normalized spacial score (nSPS) is 16.0. The molecule has 1 unspecified atom stereocenters. The maximum absolute atomic E-state index is 13.0. The lowest BCUT2D eigenvalue weighted by molar-refractivity contribution is -0.120. The molecule has 5 rings (SSSR count). The number of pyridine rings is 1. The molecule has 0 saturated carbocycles. The van der Waals surface area contributed by atoms with E-state index >= 15 is 0 Å². The van der Waals surface area contributed by atoms with E-state index < -0.39 is 11.9 Å². The molecule has 4 aromatic rings. The highest BCUT2D eigenvalue weighted by Crippen LogP contribution is 2.32. The van der Waals surface area contributed by atoms with Crippen LogP contribution in [-0.4, -0.2) is 50.1 Å². The second-order valence-electron chi connectivity index (χ2n) is 7.29. The molecule has 150 valence electrons. The molecule has 1 aromatic carbocycles. The van der Waals surface area contributed by atoms with Crippen molar-refractivity contribution in [2.75, 3.05) is 11.9 Å². The Bertz CT molecular complexity index is 1240. The van der Waals surface area contributed by atoms with E-state index in [1.807, 2.05) is 36.5 Å². The first kappa shape index (κ1) is 18.0. The van der Waals surface area contributed by atoms with Crippen molar-refractivity contribution < 1.29 is 9.59 Å². The molecule has 9 nitrogen and oxygen atoms in total. The van der Waals surface area contributed by atoms with Gasteiger partial charge in [0.25, 0.3) is 5.91 Å². The molecule has 0 saturated heterocycles. The SMILES string of the molecule is CN1C(=O)C(NC(=O)c2n[nH]c(Cc3ccccc3)n2)Cc2c[nH]c3cncc1c23. The number of anilines is 1. The summed E-state index contributed by atoms with van der Waals surface area (Å²) in [6, 6.07) is 9.05. The molecule has 30 heavy (non-hydrogen) atoms. The van der Waals surface area contributed by atoms with Gasteiger partial charge in [-0.25, -0.2) is 4.98 Å². The first-order valence-corrected chi connectivity index (χ1v) is 9.58. The van der Waals surface area contributed by atoms with Crippen LogP contribution in [0.2, 0.25) is 0 Å². The van der Waals surface area contributed by atoms with Gasteiger partial charge in [-0.1, -0.05) is 30.3 Å². The second kappa shape index (κ2) is 7.11. The van der Waals surface area contributed by atoms with Gasteiger partial charge >= 0.3 is 0 Å². The first-order chi connectivity index (χ1) is 14.6. The fourth-order valence-corrected chi connectivity index (χ4v) is 3.81. The lowest BCUT2D eigenvalue weighted by Crippen LogP contribution is -2.48. The Morgan fingerprint density at radius 2 is 2.10 bits per heavy atom. The number of nitrogens with one attached hydrogen (secondary N) is 3. The summed E-state index contributed by atoms with van der Waals surface area (Å²) >= 11 is 0. The number of H-pyrrole nitrogens is 2. The van der Waals surface area contributed by atoms with Crippen LogP contribution in [0.3, 0.4) is 0 Å². The van der Waals surface area contributed by atoms with E-state index in [1.165, 1.54) is 4.90 Å². The van der Waals surface area contributed by atoms with E-state index in [1.54, 1.807) is 19.4 Å². The standard InChI is InChI=1S/C21H19N7O2/c1-28-16-11-22-10-15-18(16)13(9-23-15)8-14(21(28)30)24-20(29)19-25-17(26-27-19)7-12-5-3-2-4-6-12/h2-6,9-11,14,23H,7-8H2,1H3,(H,24,29)(H,25,26,27). The third-order valence-corrected chi connectivity index (χ3v) is 5.32. The smallest absolute Gasteiger partial charge is 0.291 e. The van der Waals surface area contributed by atoms with Crippen molar-refractivity contribution in [3.8, 4) is 0 Å². The van der Waals surface area contributed by atoms with Crippen molar-refractivity contribution in [3.05, 3.63) is 71.7 Å². The van der Waals surface area contributed by atoms with Gasteiger partial charge in [0.2, 0.25) is 11.7 Å². The van der Waals surface area contributed by atoms with Crippen LogP contribution in [-0.2, 0) is 17.6 Å². The number of rotatable bonds is 4. The van der Waals surface area contributed by atoms with Gasteiger partial charge in [0.15, 0.2) is 0 Å². The molecule has 0 fully saturated rings. The Balaban J connectivity index is 1.36. The van der Waals surface area contributed by atoms with Crippen molar-refractivity contribution in [1.82, 2.24) is 30.5 Å². The number of aromatic nitrogens is 5. The van der Waals surface area contributed by atoms with E-state index in [0.717, 1.165) is 22.0 Å². The van der Waals surface area contributed by atoms with Gasteiger partial charge in [0.05, 0.1) is 23.6 Å². The Kier molecular flexibility index (Phi) is 4.27. The molecule has 3 N–H and O–H groups in total. The van der Waals surface area contributed by atoms with E-state index in [2.05, 4.69) is 30.5 Å². The van der Waals surface area contributed by atoms with Crippen LogP contribution in [0.4, 0.5) is 5.69 Å².